The number of aryl methyl sites for hydroxylation is 2. The SMILES string of the molecule is O=C1CC(Br)CN1c1c2c(nc3c1CCC3)CCCC2. The summed E-state index contributed by atoms with van der Waals surface area (Å²) in [6, 6.07) is 0. The number of alkyl halides is 1. The van der Waals surface area contributed by atoms with Gasteiger partial charge < -0.3 is 4.90 Å². The van der Waals surface area contributed by atoms with Gasteiger partial charge in [-0.3, -0.25) is 9.78 Å². The lowest BCUT2D eigenvalue weighted by molar-refractivity contribution is -0.117. The van der Waals surface area contributed by atoms with Crippen molar-refractivity contribution in [3.05, 3.63) is 22.5 Å². The fraction of sp³-hybridized carbons (Fsp3) is 0.625. The van der Waals surface area contributed by atoms with Crippen molar-refractivity contribution in [2.45, 2.75) is 56.2 Å². The molecule has 3 aliphatic rings. The van der Waals surface area contributed by atoms with Gasteiger partial charge >= 0.3 is 0 Å². The Morgan fingerprint density at radius 3 is 2.35 bits per heavy atom. The molecule has 0 aromatic carbocycles. The maximum atomic E-state index is 12.3. The molecule has 1 amide bonds. The average molecular weight is 335 g/mol. The second kappa shape index (κ2) is 4.83. The first kappa shape index (κ1) is 12.8. The number of hydrogen-bond acceptors (Lipinski definition) is 2. The Kier molecular flexibility index (Phi) is 3.09. The summed E-state index contributed by atoms with van der Waals surface area (Å²) in [5.41, 5.74) is 6.56. The van der Waals surface area contributed by atoms with Crippen molar-refractivity contribution < 1.29 is 4.79 Å². The Balaban J connectivity index is 1.89. The Bertz CT molecular complexity index is 584. The van der Waals surface area contributed by atoms with Crippen LogP contribution in [-0.4, -0.2) is 22.3 Å². The molecule has 1 fully saturated rings. The number of carbonyl (C=O) groups excluding carboxylic acids is 1. The lowest BCUT2D eigenvalue weighted by Crippen LogP contribution is -2.28. The molecule has 1 aliphatic heterocycles. The van der Waals surface area contributed by atoms with E-state index in [4.69, 9.17) is 4.98 Å². The first-order chi connectivity index (χ1) is 9.74. The summed E-state index contributed by atoms with van der Waals surface area (Å²) in [4.78, 5) is 19.6. The molecule has 1 aromatic rings. The molecule has 4 heteroatoms. The number of pyridine rings is 1. The average Bonchev–Trinajstić information content (AvgIpc) is 3.02. The molecule has 0 saturated carbocycles. The number of halogens is 1. The minimum Gasteiger partial charge on any atom is -0.311 e. The van der Waals surface area contributed by atoms with Crippen molar-refractivity contribution in [2.75, 3.05) is 11.4 Å². The lowest BCUT2D eigenvalue weighted by Gasteiger charge is -2.27. The highest BCUT2D eigenvalue weighted by molar-refractivity contribution is 9.09. The van der Waals surface area contributed by atoms with E-state index in [-0.39, 0.29) is 5.91 Å². The number of amides is 1. The van der Waals surface area contributed by atoms with E-state index in [2.05, 4.69) is 20.8 Å². The minimum atomic E-state index is 0.278. The van der Waals surface area contributed by atoms with Crippen LogP contribution in [0.1, 0.15) is 48.2 Å². The van der Waals surface area contributed by atoms with Gasteiger partial charge in [0.15, 0.2) is 0 Å². The summed E-state index contributed by atoms with van der Waals surface area (Å²) in [5.74, 6) is 0.278. The molecule has 1 unspecified atom stereocenters. The van der Waals surface area contributed by atoms with Gasteiger partial charge in [0, 0.05) is 29.2 Å². The Hall–Kier alpha value is -0.900. The van der Waals surface area contributed by atoms with Crippen LogP contribution in [-0.2, 0) is 30.5 Å². The summed E-state index contributed by atoms with van der Waals surface area (Å²) in [6.07, 6.45) is 8.69. The van der Waals surface area contributed by atoms with Crippen molar-refractivity contribution in [3.8, 4) is 0 Å². The molecule has 4 rings (SSSR count). The van der Waals surface area contributed by atoms with Crippen LogP contribution < -0.4 is 4.90 Å². The molecule has 20 heavy (non-hydrogen) atoms. The summed E-state index contributed by atoms with van der Waals surface area (Å²) < 4.78 is 0. The van der Waals surface area contributed by atoms with Crippen LogP contribution in [0, 0.1) is 0 Å². The van der Waals surface area contributed by atoms with E-state index in [1.165, 1.54) is 47.5 Å². The van der Waals surface area contributed by atoms with Gasteiger partial charge in [-0.15, -0.1) is 0 Å². The molecular weight excluding hydrogens is 316 g/mol. The highest BCUT2D eigenvalue weighted by Gasteiger charge is 2.35. The fourth-order valence-corrected chi connectivity index (χ4v) is 4.49. The van der Waals surface area contributed by atoms with E-state index in [1.807, 2.05) is 0 Å². The normalized spacial score (nSPS) is 24.9. The third-order valence-corrected chi connectivity index (χ3v) is 5.43. The number of aromatic nitrogens is 1. The zero-order valence-electron chi connectivity index (χ0n) is 11.6. The van der Waals surface area contributed by atoms with E-state index in [0.29, 0.717) is 11.2 Å². The third kappa shape index (κ3) is 1.92. The Morgan fingerprint density at radius 2 is 1.65 bits per heavy atom. The highest BCUT2D eigenvalue weighted by atomic mass is 79.9. The molecule has 0 spiro atoms. The van der Waals surface area contributed by atoms with Gasteiger partial charge in [-0.1, -0.05) is 15.9 Å². The molecule has 2 aliphatic carbocycles. The predicted molar refractivity (Wildman–Crippen MR) is 82.6 cm³/mol. The summed E-state index contributed by atoms with van der Waals surface area (Å²) in [5, 5.41) is 0. The van der Waals surface area contributed by atoms with Crippen LogP contribution >= 0.6 is 15.9 Å². The molecule has 3 nitrogen and oxygen atoms in total. The smallest absolute Gasteiger partial charge is 0.228 e. The van der Waals surface area contributed by atoms with Gasteiger partial charge in [-0.25, -0.2) is 0 Å². The quantitative estimate of drug-likeness (QED) is 0.740. The zero-order chi connectivity index (χ0) is 13.7. The molecule has 1 atom stereocenters. The summed E-state index contributed by atoms with van der Waals surface area (Å²) in [7, 11) is 0. The molecule has 0 radical (unpaired) electrons. The van der Waals surface area contributed by atoms with Crippen molar-refractivity contribution in [1.29, 1.82) is 0 Å². The van der Waals surface area contributed by atoms with Crippen LogP contribution in [0.2, 0.25) is 0 Å². The zero-order valence-corrected chi connectivity index (χ0v) is 13.2. The van der Waals surface area contributed by atoms with Crippen molar-refractivity contribution in [1.82, 2.24) is 4.98 Å². The fourth-order valence-electron chi connectivity index (χ4n) is 3.93. The molecule has 2 heterocycles. The van der Waals surface area contributed by atoms with Crippen molar-refractivity contribution >= 4 is 27.5 Å². The first-order valence-corrected chi connectivity index (χ1v) is 8.63. The van der Waals surface area contributed by atoms with Crippen LogP contribution in [0.4, 0.5) is 5.69 Å². The largest absolute Gasteiger partial charge is 0.311 e. The predicted octanol–water partition coefficient (Wildman–Crippen LogP) is 2.95. The van der Waals surface area contributed by atoms with Crippen molar-refractivity contribution in [3.63, 3.8) is 0 Å². The summed E-state index contributed by atoms with van der Waals surface area (Å²) in [6.45, 7) is 0.821. The number of anilines is 1. The second-order valence-corrected chi connectivity index (χ2v) is 7.47. The maximum Gasteiger partial charge on any atom is 0.228 e. The number of carbonyl (C=O) groups is 1. The van der Waals surface area contributed by atoms with Gasteiger partial charge in [0.05, 0.1) is 5.69 Å². The highest BCUT2D eigenvalue weighted by Crippen LogP contribution is 2.40. The lowest BCUT2D eigenvalue weighted by atomic mass is 9.91. The maximum absolute atomic E-state index is 12.3. The van der Waals surface area contributed by atoms with Gasteiger partial charge in [0.1, 0.15) is 0 Å². The number of hydrogen-bond donors (Lipinski definition) is 0. The van der Waals surface area contributed by atoms with E-state index in [1.54, 1.807) is 0 Å². The van der Waals surface area contributed by atoms with Gasteiger partial charge in [0.25, 0.3) is 0 Å². The third-order valence-electron chi connectivity index (χ3n) is 4.82. The van der Waals surface area contributed by atoms with Gasteiger partial charge in [-0.2, -0.15) is 0 Å². The molecule has 0 bridgehead atoms. The van der Waals surface area contributed by atoms with Crippen LogP contribution in [0.5, 0.6) is 0 Å². The second-order valence-electron chi connectivity index (χ2n) is 6.18. The van der Waals surface area contributed by atoms with Crippen LogP contribution in [0.3, 0.4) is 0 Å². The monoisotopic (exact) mass is 334 g/mol. The molecular formula is C16H19BrN2O. The van der Waals surface area contributed by atoms with Gasteiger partial charge in [-0.05, 0) is 56.1 Å². The molecule has 106 valence electrons. The first-order valence-electron chi connectivity index (χ1n) is 7.72. The number of rotatable bonds is 1. The minimum absolute atomic E-state index is 0.278. The standard InChI is InChI=1S/C16H19BrN2O/c17-10-8-15(20)19(9-10)16-11-4-1-2-6-13(11)18-14-7-3-5-12(14)16/h10H,1-9H2. The van der Waals surface area contributed by atoms with E-state index in [0.717, 1.165) is 32.2 Å². The molecule has 1 saturated heterocycles. The van der Waals surface area contributed by atoms with E-state index >= 15 is 0 Å². The van der Waals surface area contributed by atoms with Crippen molar-refractivity contribution in [2.24, 2.45) is 0 Å². The van der Waals surface area contributed by atoms with E-state index < -0.39 is 0 Å². The number of nitrogens with zero attached hydrogens (tertiary/aromatic N) is 2. The molecule has 1 aromatic heterocycles. The van der Waals surface area contributed by atoms with Crippen LogP contribution in [0.25, 0.3) is 0 Å². The number of fused-ring (bicyclic) bond motifs is 2. The molecule has 0 N–H and O–H groups in total. The Labute approximate surface area is 127 Å². The topological polar surface area (TPSA) is 33.2 Å². The van der Waals surface area contributed by atoms with E-state index in [9.17, 15) is 4.79 Å². The Morgan fingerprint density at radius 1 is 1.00 bits per heavy atom. The summed E-state index contributed by atoms with van der Waals surface area (Å²) >= 11 is 3.61. The van der Waals surface area contributed by atoms with Crippen LogP contribution in [0.15, 0.2) is 0 Å². The van der Waals surface area contributed by atoms with Gasteiger partial charge in [0.2, 0.25) is 5.91 Å².